The van der Waals surface area contributed by atoms with Crippen LogP contribution in [0, 0.1) is 5.82 Å². The third-order valence-electron chi connectivity index (χ3n) is 4.37. The number of hydrogen-bond acceptors (Lipinski definition) is 5. The molecule has 144 valence electrons. The third kappa shape index (κ3) is 4.16. The van der Waals surface area contributed by atoms with Crippen LogP contribution in [-0.4, -0.2) is 37.2 Å². The fraction of sp³-hybridized carbons (Fsp3) is 0.200. The van der Waals surface area contributed by atoms with Crippen LogP contribution >= 0.6 is 22.9 Å². The first-order valence-corrected chi connectivity index (χ1v) is 10.0. The minimum atomic E-state index is -0.386. The molecule has 8 heteroatoms. The number of anilines is 2. The van der Waals surface area contributed by atoms with E-state index >= 15 is 0 Å². The third-order valence-corrected chi connectivity index (χ3v) is 5.49. The molecule has 5 nitrogen and oxygen atoms in total. The SMILES string of the molecule is O=C(Nc1ccc(N2CCOCC2)c(F)c1)c1csc(-c2cccc(Cl)c2)n1. The number of nitrogens with zero attached hydrogens (tertiary/aromatic N) is 2. The maximum absolute atomic E-state index is 14.5. The number of amides is 1. The lowest BCUT2D eigenvalue weighted by molar-refractivity contribution is 0.102. The van der Waals surface area contributed by atoms with Crippen LogP contribution < -0.4 is 10.2 Å². The molecule has 1 aromatic heterocycles. The van der Waals surface area contributed by atoms with Gasteiger partial charge in [0.2, 0.25) is 0 Å². The Hall–Kier alpha value is -2.48. The van der Waals surface area contributed by atoms with E-state index in [-0.39, 0.29) is 17.4 Å². The van der Waals surface area contributed by atoms with Crippen molar-refractivity contribution in [3.63, 3.8) is 0 Å². The van der Waals surface area contributed by atoms with Gasteiger partial charge in [-0.15, -0.1) is 11.3 Å². The van der Waals surface area contributed by atoms with Crippen LogP contribution in [0.5, 0.6) is 0 Å². The second-order valence-electron chi connectivity index (χ2n) is 6.27. The number of rotatable bonds is 4. The Morgan fingerprint density at radius 3 is 2.79 bits per heavy atom. The van der Waals surface area contributed by atoms with Gasteiger partial charge < -0.3 is 15.0 Å². The standard InChI is InChI=1S/C20H17ClFN3O2S/c21-14-3-1-2-13(10-14)20-24-17(12-28-20)19(26)23-15-4-5-18(16(22)11-15)25-6-8-27-9-7-25/h1-5,10-12H,6-9H2,(H,23,26). The Balaban J connectivity index is 1.47. The van der Waals surface area contributed by atoms with Crippen molar-refractivity contribution in [2.24, 2.45) is 0 Å². The van der Waals surface area contributed by atoms with Crippen LogP contribution in [0.25, 0.3) is 10.6 Å². The molecule has 1 fully saturated rings. The number of carbonyl (C=O) groups is 1. The largest absolute Gasteiger partial charge is 0.378 e. The van der Waals surface area contributed by atoms with E-state index in [4.69, 9.17) is 16.3 Å². The van der Waals surface area contributed by atoms with Crippen molar-refractivity contribution >= 4 is 40.2 Å². The summed E-state index contributed by atoms with van der Waals surface area (Å²) >= 11 is 7.36. The molecular formula is C20H17ClFN3O2S. The van der Waals surface area contributed by atoms with Crippen LogP contribution in [0.15, 0.2) is 47.8 Å². The van der Waals surface area contributed by atoms with Gasteiger partial charge in [-0.25, -0.2) is 9.37 Å². The van der Waals surface area contributed by atoms with Crippen molar-refractivity contribution in [3.8, 4) is 10.6 Å². The Bertz CT molecular complexity index is 1000. The quantitative estimate of drug-likeness (QED) is 0.669. The summed E-state index contributed by atoms with van der Waals surface area (Å²) in [5.41, 5.74) is 2.02. The summed E-state index contributed by atoms with van der Waals surface area (Å²) in [5.74, 6) is -0.763. The van der Waals surface area contributed by atoms with Gasteiger partial charge in [0.05, 0.1) is 18.9 Å². The topological polar surface area (TPSA) is 54.5 Å². The molecule has 1 aliphatic rings. The van der Waals surface area contributed by atoms with Gasteiger partial charge in [0, 0.05) is 34.7 Å². The first-order valence-electron chi connectivity index (χ1n) is 8.75. The minimum Gasteiger partial charge on any atom is -0.378 e. The number of benzene rings is 2. The number of thiazole rings is 1. The summed E-state index contributed by atoms with van der Waals surface area (Å²) in [6, 6.07) is 12.0. The van der Waals surface area contributed by atoms with Crippen molar-refractivity contribution in [3.05, 3.63) is 64.4 Å². The van der Waals surface area contributed by atoms with Crippen molar-refractivity contribution in [2.45, 2.75) is 0 Å². The Morgan fingerprint density at radius 1 is 1.21 bits per heavy atom. The van der Waals surface area contributed by atoms with Crippen LogP contribution in [0.2, 0.25) is 5.02 Å². The number of nitrogens with one attached hydrogen (secondary N) is 1. The first kappa shape index (κ1) is 18.9. The van der Waals surface area contributed by atoms with Gasteiger partial charge in [-0.3, -0.25) is 4.79 Å². The first-order chi connectivity index (χ1) is 13.6. The Kier molecular flexibility index (Phi) is 5.57. The summed E-state index contributed by atoms with van der Waals surface area (Å²) in [5, 5.41) is 5.67. The number of carbonyl (C=O) groups excluding carboxylic acids is 1. The molecule has 1 amide bonds. The molecule has 1 saturated heterocycles. The van der Waals surface area contributed by atoms with Crippen molar-refractivity contribution in [2.75, 3.05) is 36.5 Å². The highest BCUT2D eigenvalue weighted by atomic mass is 35.5. The molecule has 4 rings (SSSR count). The van der Waals surface area contributed by atoms with E-state index in [2.05, 4.69) is 10.3 Å². The van der Waals surface area contributed by atoms with E-state index in [0.29, 0.717) is 47.7 Å². The second kappa shape index (κ2) is 8.26. The van der Waals surface area contributed by atoms with E-state index in [1.807, 2.05) is 17.0 Å². The number of hydrogen-bond donors (Lipinski definition) is 1. The predicted molar refractivity (Wildman–Crippen MR) is 110 cm³/mol. The molecule has 1 aliphatic heterocycles. The maximum Gasteiger partial charge on any atom is 0.275 e. The van der Waals surface area contributed by atoms with E-state index in [0.717, 1.165) is 5.56 Å². The summed E-state index contributed by atoms with van der Waals surface area (Å²) in [6.45, 7) is 2.45. The Morgan fingerprint density at radius 2 is 2.04 bits per heavy atom. The van der Waals surface area contributed by atoms with Gasteiger partial charge in [0.15, 0.2) is 0 Å². The van der Waals surface area contributed by atoms with E-state index in [1.54, 1.807) is 29.6 Å². The molecule has 28 heavy (non-hydrogen) atoms. The minimum absolute atomic E-state index is 0.276. The van der Waals surface area contributed by atoms with Crippen LogP contribution in [-0.2, 0) is 4.74 Å². The van der Waals surface area contributed by atoms with E-state index in [1.165, 1.54) is 17.4 Å². The zero-order chi connectivity index (χ0) is 19.5. The van der Waals surface area contributed by atoms with Gasteiger partial charge in [0.25, 0.3) is 5.91 Å². The molecule has 3 aromatic rings. The lowest BCUT2D eigenvalue weighted by atomic mass is 10.2. The monoisotopic (exact) mass is 417 g/mol. The van der Waals surface area contributed by atoms with Gasteiger partial charge >= 0.3 is 0 Å². The highest BCUT2D eigenvalue weighted by Gasteiger charge is 2.17. The van der Waals surface area contributed by atoms with Gasteiger partial charge in [-0.2, -0.15) is 0 Å². The molecule has 0 saturated carbocycles. The number of morpholine rings is 1. The second-order valence-corrected chi connectivity index (χ2v) is 7.56. The number of halogens is 2. The lowest BCUT2D eigenvalue weighted by Gasteiger charge is -2.29. The van der Waals surface area contributed by atoms with E-state index in [9.17, 15) is 9.18 Å². The van der Waals surface area contributed by atoms with Gasteiger partial charge in [-0.1, -0.05) is 23.7 Å². The van der Waals surface area contributed by atoms with Crippen molar-refractivity contribution < 1.29 is 13.9 Å². The predicted octanol–water partition coefficient (Wildman–Crippen LogP) is 4.69. The molecule has 0 spiro atoms. The molecular weight excluding hydrogens is 401 g/mol. The van der Waals surface area contributed by atoms with Crippen molar-refractivity contribution in [1.29, 1.82) is 0 Å². The van der Waals surface area contributed by atoms with E-state index < -0.39 is 0 Å². The highest BCUT2D eigenvalue weighted by Crippen LogP contribution is 2.27. The van der Waals surface area contributed by atoms with Gasteiger partial charge in [0.1, 0.15) is 16.5 Å². The number of ether oxygens (including phenoxy) is 1. The van der Waals surface area contributed by atoms with Gasteiger partial charge in [-0.05, 0) is 30.3 Å². The molecule has 0 unspecified atom stereocenters. The molecule has 1 N–H and O–H groups in total. The average molecular weight is 418 g/mol. The van der Waals surface area contributed by atoms with Crippen LogP contribution in [0.4, 0.5) is 15.8 Å². The highest BCUT2D eigenvalue weighted by molar-refractivity contribution is 7.13. The molecule has 0 bridgehead atoms. The molecule has 0 aliphatic carbocycles. The molecule has 2 aromatic carbocycles. The Labute approximate surface area is 170 Å². The lowest BCUT2D eigenvalue weighted by Crippen LogP contribution is -2.36. The maximum atomic E-state index is 14.5. The molecule has 2 heterocycles. The smallest absolute Gasteiger partial charge is 0.275 e. The molecule has 0 atom stereocenters. The summed E-state index contributed by atoms with van der Waals surface area (Å²) in [6.07, 6.45) is 0. The zero-order valence-corrected chi connectivity index (χ0v) is 16.4. The fourth-order valence-corrected chi connectivity index (χ4v) is 3.96. The zero-order valence-electron chi connectivity index (χ0n) is 14.8. The van der Waals surface area contributed by atoms with Crippen molar-refractivity contribution in [1.82, 2.24) is 4.98 Å². The fourth-order valence-electron chi connectivity index (χ4n) is 2.97. The summed E-state index contributed by atoms with van der Waals surface area (Å²) in [7, 11) is 0. The van der Waals surface area contributed by atoms with Crippen LogP contribution in [0.1, 0.15) is 10.5 Å². The van der Waals surface area contributed by atoms with Crippen LogP contribution in [0.3, 0.4) is 0 Å². The normalized spacial score (nSPS) is 14.1. The molecule has 0 radical (unpaired) electrons. The average Bonchev–Trinajstić information content (AvgIpc) is 3.19. The number of aromatic nitrogens is 1. The summed E-state index contributed by atoms with van der Waals surface area (Å²) < 4.78 is 19.8. The summed E-state index contributed by atoms with van der Waals surface area (Å²) in [4.78, 5) is 18.8.